The molecule has 5 heterocycles. The highest BCUT2D eigenvalue weighted by Gasteiger charge is 2.40. The molecule has 5 heteroatoms. The maximum absolute atomic E-state index is 12.8. The Morgan fingerprint density at radius 1 is 1.17 bits per heavy atom. The van der Waals surface area contributed by atoms with Gasteiger partial charge in [-0.25, -0.2) is 0 Å². The fourth-order valence-electron chi connectivity index (χ4n) is 4.32. The van der Waals surface area contributed by atoms with E-state index in [9.17, 15) is 4.79 Å². The van der Waals surface area contributed by atoms with E-state index in [1.165, 1.54) is 25.9 Å². The smallest absolute Gasteiger partial charge is 0.268 e. The van der Waals surface area contributed by atoms with Crippen molar-refractivity contribution in [2.24, 2.45) is 13.0 Å². The molecule has 0 unspecified atom stereocenters. The normalized spacial score (nSPS) is 28.8. The number of hydrogen-bond acceptors (Lipinski definition) is 3. The van der Waals surface area contributed by atoms with Crippen molar-refractivity contribution in [2.45, 2.75) is 31.8 Å². The molecule has 0 radical (unpaired) electrons. The van der Waals surface area contributed by atoms with Crippen LogP contribution in [0.15, 0.2) is 36.7 Å². The molecular weight excluding hydrogens is 300 g/mol. The van der Waals surface area contributed by atoms with Gasteiger partial charge in [0.2, 0.25) is 0 Å². The first-order valence-corrected chi connectivity index (χ1v) is 8.76. The van der Waals surface area contributed by atoms with Gasteiger partial charge in [0.25, 0.3) is 5.91 Å². The Morgan fingerprint density at radius 2 is 1.88 bits per heavy atom. The number of pyridine rings is 1. The number of nitrogens with one attached hydrogen (secondary N) is 1. The van der Waals surface area contributed by atoms with Crippen molar-refractivity contribution < 1.29 is 4.79 Å². The zero-order chi connectivity index (χ0) is 16.7. The first kappa shape index (κ1) is 15.4. The molecule has 3 fully saturated rings. The molecule has 0 spiro atoms. The molecule has 0 aromatic carbocycles. The number of hydrogen-bond donors (Lipinski definition) is 1. The molecule has 1 amide bonds. The Labute approximate surface area is 142 Å². The minimum atomic E-state index is 0.0309. The third kappa shape index (κ3) is 2.53. The van der Waals surface area contributed by atoms with Crippen molar-refractivity contribution in [3.63, 3.8) is 0 Å². The van der Waals surface area contributed by atoms with Gasteiger partial charge < -0.3 is 9.88 Å². The first-order chi connectivity index (χ1) is 11.6. The number of aromatic nitrogens is 2. The lowest BCUT2D eigenvalue weighted by Crippen LogP contribution is -2.62. The maximum atomic E-state index is 12.8. The number of piperidine rings is 3. The van der Waals surface area contributed by atoms with E-state index in [-0.39, 0.29) is 11.9 Å². The van der Waals surface area contributed by atoms with E-state index in [4.69, 9.17) is 0 Å². The van der Waals surface area contributed by atoms with Crippen LogP contribution < -0.4 is 5.32 Å². The molecule has 2 aromatic rings. The summed E-state index contributed by atoms with van der Waals surface area (Å²) in [5.41, 5.74) is 2.82. The van der Waals surface area contributed by atoms with E-state index < -0.39 is 0 Å². The van der Waals surface area contributed by atoms with Gasteiger partial charge in [0.15, 0.2) is 0 Å². The van der Waals surface area contributed by atoms with Gasteiger partial charge in [-0.15, -0.1) is 0 Å². The fourth-order valence-corrected chi connectivity index (χ4v) is 4.32. The van der Waals surface area contributed by atoms with Crippen LogP contribution in [0.25, 0.3) is 11.3 Å². The number of amides is 1. The van der Waals surface area contributed by atoms with Gasteiger partial charge in [0.05, 0.1) is 0 Å². The average molecular weight is 324 g/mol. The quantitative estimate of drug-likeness (QED) is 0.942. The summed E-state index contributed by atoms with van der Waals surface area (Å²) in [5, 5.41) is 3.31. The van der Waals surface area contributed by atoms with Gasteiger partial charge in [-0.1, -0.05) is 0 Å². The van der Waals surface area contributed by atoms with E-state index in [0.717, 1.165) is 11.3 Å². The molecule has 2 atom stereocenters. The molecule has 5 nitrogen and oxygen atoms in total. The zero-order valence-electron chi connectivity index (χ0n) is 14.3. The second-order valence-corrected chi connectivity index (χ2v) is 7.01. The standard InChI is InChI=1S/C19H24N4O/c1-13-18(15-7-11-23(13)12-8-15)21-19(24)17-4-3-16(22(17)2)14-5-9-20-10-6-14/h3-6,9-10,13,15,18H,7-8,11-12H2,1-2H3,(H,21,24)/t13-,18-/m0/s1. The molecule has 3 saturated heterocycles. The second-order valence-electron chi connectivity index (χ2n) is 7.01. The minimum absolute atomic E-state index is 0.0309. The van der Waals surface area contributed by atoms with Crippen molar-refractivity contribution in [3.8, 4) is 11.3 Å². The number of carbonyl (C=O) groups excluding carboxylic acids is 1. The monoisotopic (exact) mass is 324 g/mol. The van der Waals surface area contributed by atoms with E-state index in [1.54, 1.807) is 12.4 Å². The summed E-state index contributed by atoms with van der Waals surface area (Å²) in [4.78, 5) is 19.4. The third-order valence-corrected chi connectivity index (χ3v) is 5.81. The van der Waals surface area contributed by atoms with Crippen LogP contribution in [0.4, 0.5) is 0 Å². The van der Waals surface area contributed by atoms with Crippen LogP contribution in [0.3, 0.4) is 0 Å². The van der Waals surface area contributed by atoms with Crippen molar-refractivity contribution in [2.75, 3.05) is 13.1 Å². The van der Waals surface area contributed by atoms with Crippen molar-refractivity contribution in [1.29, 1.82) is 0 Å². The number of carbonyl (C=O) groups is 1. The lowest BCUT2D eigenvalue weighted by atomic mass is 9.79. The van der Waals surface area contributed by atoms with E-state index in [2.05, 4.69) is 22.1 Å². The number of nitrogens with zero attached hydrogens (tertiary/aromatic N) is 3. The molecule has 3 aliphatic heterocycles. The van der Waals surface area contributed by atoms with Gasteiger partial charge in [-0.3, -0.25) is 14.7 Å². The SMILES string of the molecule is C[C@H]1[C@H](NC(=O)c2ccc(-c3ccncc3)n2C)C2CCN1CC2. The Bertz CT molecular complexity index is 729. The summed E-state index contributed by atoms with van der Waals surface area (Å²) in [5.74, 6) is 0.650. The summed E-state index contributed by atoms with van der Waals surface area (Å²) in [7, 11) is 1.95. The predicted octanol–water partition coefficient (Wildman–Crippen LogP) is 2.30. The topological polar surface area (TPSA) is 50.2 Å². The molecule has 3 aliphatic rings. The predicted molar refractivity (Wildman–Crippen MR) is 93.7 cm³/mol. The van der Waals surface area contributed by atoms with E-state index in [0.29, 0.717) is 17.7 Å². The molecule has 2 bridgehead atoms. The van der Waals surface area contributed by atoms with E-state index in [1.807, 2.05) is 35.9 Å². The molecule has 5 rings (SSSR count). The van der Waals surface area contributed by atoms with Crippen LogP contribution in [-0.2, 0) is 7.05 Å². The summed E-state index contributed by atoms with van der Waals surface area (Å²) < 4.78 is 1.97. The summed E-state index contributed by atoms with van der Waals surface area (Å²) in [6.45, 7) is 4.59. The molecule has 24 heavy (non-hydrogen) atoms. The Hall–Kier alpha value is -2.14. The van der Waals surface area contributed by atoms with Gasteiger partial charge in [-0.05, 0) is 63.0 Å². The lowest BCUT2D eigenvalue weighted by molar-refractivity contribution is 0.0215. The Balaban J connectivity index is 1.54. The zero-order valence-corrected chi connectivity index (χ0v) is 14.3. The Kier molecular flexibility index (Phi) is 3.88. The maximum Gasteiger partial charge on any atom is 0.268 e. The minimum Gasteiger partial charge on any atom is -0.346 e. The summed E-state index contributed by atoms with van der Waals surface area (Å²) in [6.07, 6.45) is 5.95. The van der Waals surface area contributed by atoms with Crippen molar-refractivity contribution >= 4 is 5.91 Å². The highest BCUT2D eigenvalue weighted by molar-refractivity contribution is 5.94. The first-order valence-electron chi connectivity index (χ1n) is 8.76. The fraction of sp³-hybridized carbons (Fsp3) is 0.474. The van der Waals surface area contributed by atoms with Gasteiger partial charge in [0, 0.05) is 42.8 Å². The van der Waals surface area contributed by atoms with Crippen molar-refractivity contribution in [1.82, 2.24) is 19.8 Å². The van der Waals surface area contributed by atoms with Crippen LogP contribution >= 0.6 is 0 Å². The second kappa shape index (κ2) is 6.06. The van der Waals surface area contributed by atoms with Crippen LogP contribution in [0.2, 0.25) is 0 Å². The number of fused-ring (bicyclic) bond motifs is 3. The van der Waals surface area contributed by atoms with Gasteiger partial charge >= 0.3 is 0 Å². The third-order valence-electron chi connectivity index (χ3n) is 5.81. The summed E-state index contributed by atoms with van der Waals surface area (Å²) >= 11 is 0. The lowest BCUT2D eigenvalue weighted by Gasteiger charge is -2.49. The molecule has 2 aromatic heterocycles. The van der Waals surface area contributed by atoms with Gasteiger partial charge in [-0.2, -0.15) is 0 Å². The molecule has 0 aliphatic carbocycles. The van der Waals surface area contributed by atoms with Crippen LogP contribution in [0.1, 0.15) is 30.3 Å². The molecular formula is C19H24N4O. The van der Waals surface area contributed by atoms with Crippen molar-refractivity contribution in [3.05, 3.63) is 42.4 Å². The highest BCUT2D eigenvalue weighted by Crippen LogP contribution is 2.32. The van der Waals surface area contributed by atoms with Crippen LogP contribution in [0, 0.1) is 5.92 Å². The van der Waals surface area contributed by atoms with E-state index >= 15 is 0 Å². The summed E-state index contributed by atoms with van der Waals surface area (Å²) in [6, 6.07) is 8.54. The van der Waals surface area contributed by atoms with Crippen LogP contribution in [0.5, 0.6) is 0 Å². The molecule has 126 valence electrons. The van der Waals surface area contributed by atoms with Gasteiger partial charge in [0.1, 0.15) is 5.69 Å². The largest absolute Gasteiger partial charge is 0.346 e. The Morgan fingerprint density at radius 3 is 2.54 bits per heavy atom. The number of rotatable bonds is 3. The average Bonchev–Trinajstić information content (AvgIpc) is 3.01. The molecule has 1 N–H and O–H groups in total. The molecule has 0 saturated carbocycles. The highest BCUT2D eigenvalue weighted by atomic mass is 16.2. The van der Waals surface area contributed by atoms with Crippen LogP contribution in [-0.4, -0.2) is 45.5 Å².